The number of benzene rings is 2. The van der Waals surface area contributed by atoms with E-state index >= 15 is 0 Å². The Bertz CT molecular complexity index is 846. The Labute approximate surface area is 148 Å². The average molecular weight is 356 g/mol. The number of oxazole rings is 1. The molecule has 1 N–H and O–H groups in total. The van der Waals surface area contributed by atoms with Gasteiger partial charge in [0.05, 0.1) is 12.9 Å². The number of aromatic nitrogens is 1. The molecule has 0 fully saturated rings. The molecule has 1 atom stereocenters. The van der Waals surface area contributed by atoms with Crippen molar-refractivity contribution in [2.75, 3.05) is 12.9 Å². The van der Waals surface area contributed by atoms with Gasteiger partial charge < -0.3 is 14.5 Å². The van der Waals surface area contributed by atoms with Crippen molar-refractivity contribution in [1.29, 1.82) is 0 Å². The van der Waals surface area contributed by atoms with E-state index in [1.165, 1.54) is 18.9 Å². The Hall–Kier alpha value is -2.80. The van der Waals surface area contributed by atoms with Crippen molar-refractivity contribution in [2.24, 2.45) is 0 Å². The number of nitrogens with zero attached hydrogens (tertiary/aromatic N) is 1. The van der Waals surface area contributed by atoms with Crippen LogP contribution in [0.5, 0.6) is 0 Å². The third-order valence-corrected chi connectivity index (χ3v) is 4.30. The maximum Gasteiger partial charge on any atom is 0.333 e. The van der Waals surface area contributed by atoms with Gasteiger partial charge in [0.25, 0.3) is 5.22 Å². The number of nitrogens with one attached hydrogen (secondary N) is 1. The lowest BCUT2D eigenvalue weighted by molar-refractivity contribution is -0.145. The smallest absolute Gasteiger partial charge is 0.333 e. The molecule has 3 aromatic rings. The van der Waals surface area contributed by atoms with Crippen LogP contribution in [0.3, 0.4) is 0 Å². The molecule has 0 aliphatic carbocycles. The van der Waals surface area contributed by atoms with Gasteiger partial charge in [-0.05, 0) is 17.7 Å². The molecular formula is C18H16N2O4S. The molecule has 0 aliphatic rings. The SMILES string of the molecule is COC(=O)[C@H](NC(=O)CSc1nc2ccccc2o1)c1ccccc1. The highest BCUT2D eigenvalue weighted by Gasteiger charge is 2.23. The molecule has 0 spiro atoms. The number of carbonyl (C=O) groups is 2. The fourth-order valence-corrected chi connectivity index (χ4v) is 2.93. The molecule has 2 aromatic carbocycles. The Morgan fingerprint density at radius 2 is 1.88 bits per heavy atom. The molecule has 0 aliphatic heterocycles. The lowest BCUT2D eigenvalue weighted by Crippen LogP contribution is -2.35. The van der Waals surface area contributed by atoms with E-state index in [0.29, 0.717) is 16.4 Å². The maximum atomic E-state index is 12.2. The van der Waals surface area contributed by atoms with Crippen LogP contribution in [0.2, 0.25) is 0 Å². The Kier molecular flexibility index (Phi) is 5.35. The number of methoxy groups -OCH3 is 1. The Morgan fingerprint density at radius 1 is 1.16 bits per heavy atom. The molecule has 7 heteroatoms. The number of rotatable bonds is 6. The van der Waals surface area contributed by atoms with Gasteiger partial charge in [0.15, 0.2) is 11.6 Å². The topological polar surface area (TPSA) is 81.4 Å². The van der Waals surface area contributed by atoms with Gasteiger partial charge in [0, 0.05) is 0 Å². The van der Waals surface area contributed by atoms with E-state index in [1.807, 2.05) is 30.3 Å². The molecule has 128 valence electrons. The molecule has 3 rings (SSSR count). The summed E-state index contributed by atoms with van der Waals surface area (Å²) < 4.78 is 10.3. The van der Waals surface area contributed by atoms with E-state index in [4.69, 9.17) is 9.15 Å². The quantitative estimate of drug-likeness (QED) is 0.540. The number of thioether (sulfide) groups is 1. The van der Waals surface area contributed by atoms with E-state index < -0.39 is 12.0 Å². The van der Waals surface area contributed by atoms with E-state index in [9.17, 15) is 9.59 Å². The highest BCUT2D eigenvalue weighted by molar-refractivity contribution is 7.99. The zero-order chi connectivity index (χ0) is 17.6. The molecule has 0 saturated heterocycles. The van der Waals surface area contributed by atoms with Gasteiger partial charge in [-0.15, -0.1) is 0 Å². The second-order valence-corrected chi connectivity index (χ2v) is 6.10. The second kappa shape index (κ2) is 7.85. The first-order chi connectivity index (χ1) is 12.2. The number of hydrogen-bond donors (Lipinski definition) is 1. The molecule has 1 amide bonds. The van der Waals surface area contributed by atoms with Crippen molar-refractivity contribution in [3.8, 4) is 0 Å². The predicted octanol–water partition coefficient (Wildman–Crippen LogP) is 2.95. The summed E-state index contributed by atoms with van der Waals surface area (Å²) in [6, 6.07) is 15.5. The van der Waals surface area contributed by atoms with E-state index in [1.54, 1.807) is 24.3 Å². The van der Waals surface area contributed by atoms with Gasteiger partial charge in [-0.3, -0.25) is 4.79 Å². The summed E-state index contributed by atoms with van der Waals surface area (Å²) in [5, 5.41) is 3.09. The van der Waals surface area contributed by atoms with Crippen LogP contribution in [0.25, 0.3) is 11.1 Å². The van der Waals surface area contributed by atoms with E-state index in [2.05, 4.69) is 10.3 Å². The molecule has 0 radical (unpaired) electrons. The zero-order valence-corrected chi connectivity index (χ0v) is 14.3. The maximum absolute atomic E-state index is 12.2. The number of carbonyl (C=O) groups excluding carboxylic acids is 2. The molecule has 1 aromatic heterocycles. The van der Waals surface area contributed by atoms with Crippen LogP contribution in [0.15, 0.2) is 64.2 Å². The molecule has 0 bridgehead atoms. The van der Waals surface area contributed by atoms with Gasteiger partial charge in [-0.1, -0.05) is 54.2 Å². The summed E-state index contributed by atoms with van der Waals surface area (Å²) >= 11 is 1.17. The van der Waals surface area contributed by atoms with Crippen LogP contribution in [-0.2, 0) is 14.3 Å². The normalized spacial score (nSPS) is 11.9. The van der Waals surface area contributed by atoms with Crippen LogP contribution < -0.4 is 5.32 Å². The van der Waals surface area contributed by atoms with Crippen molar-refractivity contribution in [2.45, 2.75) is 11.3 Å². The largest absolute Gasteiger partial charge is 0.467 e. The molecule has 0 saturated carbocycles. The van der Waals surface area contributed by atoms with Crippen molar-refractivity contribution >= 4 is 34.7 Å². The van der Waals surface area contributed by atoms with E-state index in [0.717, 1.165) is 5.52 Å². The molecule has 6 nitrogen and oxygen atoms in total. The predicted molar refractivity (Wildman–Crippen MR) is 94.1 cm³/mol. The van der Waals surface area contributed by atoms with Crippen LogP contribution in [0, 0.1) is 0 Å². The zero-order valence-electron chi connectivity index (χ0n) is 13.5. The fraction of sp³-hybridized carbons (Fsp3) is 0.167. The van der Waals surface area contributed by atoms with E-state index in [-0.39, 0.29) is 11.7 Å². The summed E-state index contributed by atoms with van der Waals surface area (Å²) in [5.74, 6) is -0.759. The van der Waals surface area contributed by atoms with Crippen LogP contribution in [0.4, 0.5) is 0 Å². The minimum absolute atomic E-state index is 0.0765. The first-order valence-electron chi connectivity index (χ1n) is 7.58. The molecule has 25 heavy (non-hydrogen) atoms. The fourth-order valence-electron chi connectivity index (χ4n) is 2.28. The Balaban J connectivity index is 1.64. The van der Waals surface area contributed by atoms with Crippen LogP contribution in [0.1, 0.15) is 11.6 Å². The number of para-hydroxylation sites is 2. The molecule has 1 heterocycles. The van der Waals surface area contributed by atoms with Gasteiger partial charge in [0.2, 0.25) is 5.91 Å². The van der Waals surface area contributed by atoms with Crippen molar-refractivity contribution in [3.05, 3.63) is 60.2 Å². The molecular weight excluding hydrogens is 340 g/mol. The highest BCUT2D eigenvalue weighted by atomic mass is 32.2. The average Bonchev–Trinajstić information content (AvgIpc) is 3.07. The van der Waals surface area contributed by atoms with Gasteiger partial charge in [-0.25, -0.2) is 9.78 Å². The third-order valence-electron chi connectivity index (χ3n) is 3.48. The minimum Gasteiger partial charge on any atom is -0.467 e. The number of ether oxygens (including phenoxy) is 1. The lowest BCUT2D eigenvalue weighted by atomic mass is 10.1. The first kappa shape index (κ1) is 17.0. The first-order valence-corrected chi connectivity index (χ1v) is 8.56. The number of esters is 1. The summed E-state index contributed by atoms with van der Waals surface area (Å²) in [7, 11) is 1.29. The number of hydrogen-bond acceptors (Lipinski definition) is 6. The van der Waals surface area contributed by atoms with Gasteiger partial charge >= 0.3 is 5.97 Å². The number of amides is 1. The Morgan fingerprint density at radius 3 is 2.60 bits per heavy atom. The number of fused-ring (bicyclic) bond motifs is 1. The summed E-state index contributed by atoms with van der Waals surface area (Å²) in [6.45, 7) is 0. The van der Waals surface area contributed by atoms with Gasteiger partial charge in [-0.2, -0.15) is 0 Å². The third kappa shape index (κ3) is 4.19. The van der Waals surface area contributed by atoms with Crippen molar-refractivity contribution in [3.63, 3.8) is 0 Å². The minimum atomic E-state index is -0.845. The monoisotopic (exact) mass is 356 g/mol. The van der Waals surface area contributed by atoms with Gasteiger partial charge in [0.1, 0.15) is 5.52 Å². The lowest BCUT2D eigenvalue weighted by Gasteiger charge is -2.16. The highest BCUT2D eigenvalue weighted by Crippen LogP contribution is 2.23. The standard InChI is InChI=1S/C18H16N2O4S/c1-23-17(22)16(12-7-3-2-4-8-12)20-15(21)11-25-18-19-13-9-5-6-10-14(13)24-18/h2-10,16H,11H2,1H3,(H,20,21)/t16-/m1/s1. The van der Waals surface area contributed by atoms with Crippen LogP contribution >= 0.6 is 11.8 Å². The van der Waals surface area contributed by atoms with Crippen molar-refractivity contribution in [1.82, 2.24) is 10.3 Å². The summed E-state index contributed by atoms with van der Waals surface area (Å²) in [4.78, 5) is 28.5. The van der Waals surface area contributed by atoms with Crippen LogP contribution in [-0.4, -0.2) is 29.7 Å². The van der Waals surface area contributed by atoms with Crippen molar-refractivity contribution < 1.29 is 18.7 Å². The summed E-state index contributed by atoms with van der Waals surface area (Å²) in [6.07, 6.45) is 0. The molecule has 0 unspecified atom stereocenters. The summed E-state index contributed by atoms with van der Waals surface area (Å²) in [5.41, 5.74) is 2.07. The second-order valence-electron chi connectivity index (χ2n) is 5.17.